The van der Waals surface area contributed by atoms with Crippen LogP contribution >= 0.6 is 0 Å². The van der Waals surface area contributed by atoms with Gasteiger partial charge in [0.05, 0.1) is 27.8 Å². The quantitative estimate of drug-likeness (QED) is 0.205. The van der Waals surface area contributed by atoms with Crippen LogP contribution in [0.4, 0.5) is 0 Å². The number of aryl methyl sites for hydroxylation is 1. The van der Waals surface area contributed by atoms with E-state index in [1.165, 1.54) is 16.7 Å². The van der Waals surface area contributed by atoms with Crippen LogP contribution in [0, 0.1) is 0 Å². The van der Waals surface area contributed by atoms with E-state index in [1.54, 1.807) is 0 Å². The molecule has 0 saturated carbocycles. The van der Waals surface area contributed by atoms with Gasteiger partial charge >= 0.3 is 0 Å². The van der Waals surface area contributed by atoms with Crippen molar-refractivity contribution >= 4 is 44.0 Å². The summed E-state index contributed by atoms with van der Waals surface area (Å²) in [6, 6.07) is 36.0. The van der Waals surface area contributed by atoms with Crippen molar-refractivity contribution in [3.63, 3.8) is 0 Å². The van der Waals surface area contributed by atoms with Gasteiger partial charge < -0.3 is 9.30 Å². The van der Waals surface area contributed by atoms with Crippen molar-refractivity contribution in [2.75, 3.05) is 0 Å². The Balaban J connectivity index is 1.13. The Morgan fingerprint density at radius 1 is 0.744 bits per heavy atom. The van der Waals surface area contributed by atoms with Crippen molar-refractivity contribution in [2.24, 2.45) is 7.05 Å². The second-order valence-electron chi connectivity index (χ2n) is 11.3. The third kappa shape index (κ3) is 3.75. The maximum Gasteiger partial charge on any atom is 0.140 e. The highest BCUT2D eigenvalue weighted by molar-refractivity contribution is 6.04. The van der Waals surface area contributed by atoms with Crippen molar-refractivity contribution in [3.05, 3.63) is 133 Å². The van der Waals surface area contributed by atoms with Gasteiger partial charge in [-0.15, -0.1) is 0 Å². The van der Waals surface area contributed by atoms with E-state index in [1.807, 2.05) is 18.3 Å². The summed E-state index contributed by atoms with van der Waals surface area (Å²) in [5.74, 6) is 1.89. The van der Waals surface area contributed by atoms with Gasteiger partial charge in [-0.1, -0.05) is 72.8 Å². The summed E-state index contributed by atoms with van der Waals surface area (Å²) in [5, 5.41) is 2.18. The summed E-state index contributed by atoms with van der Waals surface area (Å²) in [6.45, 7) is 0. The van der Waals surface area contributed by atoms with Crippen molar-refractivity contribution in [1.29, 1.82) is 0 Å². The first-order valence-corrected chi connectivity index (χ1v) is 14.6. The smallest absolute Gasteiger partial charge is 0.140 e. The summed E-state index contributed by atoms with van der Waals surface area (Å²) < 4.78 is 8.63. The van der Waals surface area contributed by atoms with E-state index in [0.717, 1.165) is 73.2 Å². The number of para-hydroxylation sites is 2. The molecule has 43 heavy (non-hydrogen) atoms. The SMILES string of the molecule is Cn1c(-c2ccc(C3=C4c5cc(-c6ccc7ccc8cccnc8c7n6)ccc5OC4CC=C3)cc2)nc2ccccc21. The van der Waals surface area contributed by atoms with Crippen molar-refractivity contribution in [3.8, 4) is 28.4 Å². The molecule has 204 valence electrons. The molecule has 5 nitrogen and oxygen atoms in total. The first kappa shape index (κ1) is 24.1. The molecular weight excluding hydrogens is 528 g/mol. The number of aromatic nitrogens is 4. The molecule has 1 aliphatic carbocycles. The van der Waals surface area contributed by atoms with E-state index >= 15 is 0 Å². The van der Waals surface area contributed by atoms with Crippen molar-refractivity contribution in [1.82, 2.24) is 19.5 Å². The van der Waals surface area contributed by atoms with Crippen molar-refractivity contribution in [2.45, 2.75) is 12.5 Å². The Morgan fingerprint density at radius 2 is 1.53 bits per heavy atom. The van der Waals surface area contributed by atoms with E-state index < -0.39 is 0 Å². The van der Waals surface area contributed by atoms with Crippen LogP contribution in [0.3, 0.4) is 0 Å². The molecule has 1 atom stereocenters. The lowest BCUT2D eigenvalue weighted by molar-refractivity contribution is 0.279. The number of imidazole rings is 1. The minimum absolute atomic E-state index is 0.00229. The number of allylic oxidation sites excluding steroid dienone is 2. The van der Waals surface area contributed by atoms with E-state index in [-0.39, 0.29) is 6.10 Å². The van der Waals surface area contributed by atoms with Gasteiger partial charge in [0.1, 0.15) is 17.7 Å². The molecular formula is C38H26N4O. The summed E-state index contributed by atoms with van der Waals surface area (Å²) in [5.41, 5.74) is 11.8. The topological polar surface area (TPSA) is 52.8 Å². The molecule has 2 aliphatic rings. The zero-order valence-electron chi connectivity index (χ0n) is 23.5. The van der Waals surface area contributed by atoms with Crippen molar-refractivity contribution < 1.29 is 4.74 Å². The average Bonchev–Trinajstić information content (AvgIpc) is 3.61. The summed E-state index contributed by atoms with van der Waals surface area (Å²) in [4.78, 5) is 14.6. The minimum atomic E-state index is 0.00229. The molecule has 1 unspecified atom stereocenters. The monoisotopic (exact) mass is 554 g/mol. The van der Waals surface area contributed by atoms with Crippen LogP contribution in [0.2, 0.25) is 0 Å². The molecule has 0 radical (unpaired) electrons. The molecule has 1 aliphatic heterocycles. The van der Waals surface area contributed by atoms with Crippen LogP contribution in [0.5, 0.6) is 5.75 Å². The lowest BCUT2D eigenvalue weighted by atomic mass is 9.86. The van der Waals surface area contributed by atoms with Gasteiger partial charge in [0.15, 0.2) is 0 Å². The first-order chi connectivity index (χ1) is 21.2. The number of nitrogens with zero attached hydrogens (tertiary/aromatic N) is 4. The van der Waals surface area contributed by atoms with Crippen LogP contribution in [0.1, 0.15) is 17.5 Å². The fraction of sp³-hybridized carbons (Fsp3) is 0.0789. The Kier molecular flexibility index (Phi) is 5.17. The third-order valence-corrected chi connectivity index (χ3v) is 8.75. The number of hydrogen-bond donors (Lipinski definition) is 0. The van der Waals surface area contributed by atoms with Crippen LogP contribution in [0.25, 0.3) is 66.6 Å². The fourth-order valence-electron chi connectivity index (χ4n) is 6.61. The number of benzene rings is 4. The Labute approximate surface area is 248 Å². The molecule has 0 saturated heterocycles. The second kappa shape index (κ2) is 9.23. The summed E-state index contributed by atoms with van der Waals surface area (Å²) in [6.07, 6.45) is 7.15. The van der Waals surface area contributed by atoms with E-state index in [4.69, 9.17) is 14.7 Å². The lowest BCUT2D eigenvalue weighted by Crippen LogP contribution is -2.14. The fourth-order valence-corrected chi connectivity index (χ4v) is 6.61. The number of pyridine rings is 2. The molecule has 0 spiro atoms. The molecule has 0 amide bonds. The minimum Gasteiger partial charge on any atom is -0.485 e. The van der Waals surface area contributed by atoms with Crippen LogP contribution < -0.4 is 4.74 Å². The number of hydrogen-bond acceptors (Lipinski definition) is 4. The second-order valence-corrected chi connectivity index (χ2v) is 11.3. The average molecular weight is 555 g/mol. The predicted molar refractivity (Wildman–Crippen MR) is 174 cm³/mol. The zero-order chi connectivity index (χ0) is 28.5. The van der Waals surface area contributed by atoms with Gasteiger partial charge in [-0.2, -0.15) is 0 Å². The van der Waals surface area contributed by atoms with E-state index in [2.05, 4.69) is 120 Å². The number of rotatable bonds is 3. The van der Waals surface area contributed by atoms with Gasteiger partial charge in [0, 0.05) is 52.7 Å². The largest absolute Gasteiger partial charge is 0.485 e. The third-order valence-electron chi connectivity index (χ3n) is 8.75. The maximum absolute atomic E-state index is 6.47. The Hall–Kier alpha value is -5.55. The molecule has 3 aromatic heterocycles. The molecule has 4 heterocycles. The van der Waals surface area contributed by atoms with Crippen LogP contribution in [-0.2, 0) is 7.05 Å². The predicted octanol–water partition coefficient (Wildman–Crippen LogP) is 8.64. The molecule has 0 fully saturated rings. The molecule has 0 bridgehead atoms. The Bertz CT molecular complexity index is 2310. The molecule has 9 rings (SSSR count). The normalized spacial score (nSPS) is 15.7. The first-order valence-electron chi connectivity index (χ1n) is 14.6. The van der Waals surface area contributed by atoms with Crippen LogP contribution in [-0.4, -0.2) is 25.6 Å². The standard InChI is InChI=1S/C38H26N4O/c1-42-32-9-3-2-8-31(32)41-38(42)26-15-11-23(12-16-26)28-7-4-10-34-35(28)29-22-27(18-20-33(29)43-34)30-19-17-25-14-13-24-6-5-21-39-36(24)37(25)40-30/h2-9,11-22,34H,10H2,1H3. The molecule has 5 heteroatoms. The molecule has 0 N–H and O–H groups in total. The van der Waals surface area contributed by atoms with Gasteiger partial charge in [0.2, 0.25) is 0 Å². The van der Waals surface area contributed by atoms with E-state index in [9.17, 15) is 0 Å². The highest BCUT2D eigenvalue weighted by Crippen LogP contribution is 2.47. The number of ether oxygens (including phenoxy) is 1. The van der Waals surface area contributed by atoms with Gasteiger partial charge in [0.25, 0.3) is 0 Å². The van der Waals surface area contributed by atoms with E-state index in [0.29, 0.717) is 0 Å². The lowest BCUT2D eigenvalue weighted by Gasteiger charge is -2.19. The molecule has 7 aromatic rings. The maximum atomic E-state index is 6.47. The Morgan fingerprint density at radius 3 is 2.42 bits per heavy atom. The zero-order valence-corrected chi connectivity index (χ0v) is 23.5. The van der Waals surface area contributed by atoms with Crippen LogP contribution in [0.15, 0.2) is 121 Å². The number of fused-ring (bicyclic) bond motifs is 7. The van der Waals surface area contributed by atoms with Gasteiger partial charge in [-0.05, 0) is 53.6 Å². The van der Waals surface area contributed by atoms with Gasteiger partial charge in [-0.25, -0.2) is 9.97 Å². The highest BCUT2D eigenvalue weighted by Gasteiger charge is 2.32. The van der Waals surface area contributed by atoms with Gasteiger partial charge in [-0.3, -0.25) is 4.98 Å². The molecule has 4 aromatic carbocycles. The summed E-state index contributed by atoms with van der Waals surface area (Å²) >= 11 is 0. The highest BCUT2D eigenvalue weighted by atomic mass is 16.5. The summed E-state index contributed by atoms with van der Waals surface area (Å²) in [7, 11) is 2.07.